The van der Waals surface area contributed by atoms with Crippen molar-refractivity contribution < 1.29 is 42.7 Å². The van der Waals surface area contributed by atoms with E-state index in [1.165, 1.54) is 0 Å². The quantitative estimate of drug-likeness (QED) is 0.210. The van der Waals surface area contributed by atoms with Crippen LogP contribution < -0.4 is 20.5 Å². The Bertz CT molecular complexity index is 1410. The number of amides is 2. The molecule has 1 heterocycles. The molecule has 11 nitrogen and oxygen atoms in total. The molecule has 6 atom stereocenters. The molecule has 11 heteroatoms. The van der Waals surface area contributed by atoms with E-state index in [-0.39, 0.29) is 30.6 Å². The van der Waals surface area contributed by atoms with Crippen molar-refractivity contribution in [2.75, 3.05) is 40.5 Å². The van der Waals surface area contributed by atoms with Crippen LogP contribution >= 0.6 is 0 Å². The number of anilines is 1. The van der Waals surface area contributed by atoms with Gasteiger partial charge in [0.2, 0.25) is 0 Å². The molecule has 49 heavy (non-hydrogen) atoms. The second-order valence-corrected chi connectivity index (χ2v) is 12.6. The number of hydrogen-bond donors (Lipinski definition) is 2. The highest BCUT2D eigenvalue weighted by atomic mass is 16.7. The number of hydrogen-bond acceptors (Lipinski definition) is 9. The molecule has 0 saturated carbocycles. The second-order valence-electron chi connectivity index (χ2n) is 12.6. The Balaban J connectivity index is 2.09. The molecule has 2 aromatic carbocycles. The topological polar surface area (TPSA) is 137 Å². The predicted octanol–water partition coefficient (Wildman–Crippen LogP) is 6.59. The smallest absolute Gasteiger partial charge is 0.405 e. The summed E-state index contributed by atoms with van der Waals surface area (Å²) in [4.78, 5) is 25.4. The Hall–Kier alpha value is -3.90. The predicted molar refractivity (Wildman–Crippen MR) is 189 cm³/mol. The maximum Gasteiger partial charge on any atom is 0.405 e. The Morgan fingerprint density at radius 1 is 1.00 bits per heavy atom. The van der Waals surface area contributed by atoms with E-state index in [2.05, 4.69) is 12.2 Å². The fourth-order valence-electron chi connectivity index (χ4n) is 6.29. The van der Waals surface area contributed by atoms with E-state index in [1.807, 2.05) is 62.4 Å². The number of methoxy groups -OCH3 is 4. The zero-order valence-electron chi connectivity index (χ0n) is 30.2. The highest BCUT2D eigenvalue weighted by Crippen LogP contribution is 2.38. The second kappa shape index (κ2) is 19.9. The van der Waals surface area contributed by atoms with E-state index in [0.29, 0.717) is 55.0 Å². The summed E-state index contributed by atoms with van der Waals surface area (Å²) in [6.07, 6.45) is 3.13. The van der Waals surface area contributed by atoms with Crippen LogP contribution in [0.3, 0.4) is 0 Å². The summed E-state index contributed by atoms with van der Waals surface area (Å²) in [5.41, 5.74) is 9.26. The van der Waals surface area contributed by atoms with Crippen molar-refractivity contribution in [2.24, 2.45) is 17.6 Å². The molecule has 0 aromatic heterocycles. The summed E-state index contributed by atoms with van der Waals surface area (Å²) >= 11 is 0. The Morgan fingerprint density at radius 2 is 1.71 bits per heavy atom. The van der Waals surface area contributed by atoms with Gasteiger partial charge in [0.15, 0.2) is 17.6 Å². The number of nitrogens with two attached hydrogens (primary N) is 1. The molecule has 270 valence electrons. The highest BCUT2D eigenvalue weighted by Gasteiger charge is 2.32. The molecular formula is C38H54N2O9. The number of allylic oxidation sites excluding steroid dienone is 1. The molecule has 0 radical (unpaired) electrons. The maximum absolute atomic E-state index is 13.4. The van der Waals surface area contributed by atoms with Gasteiger partial charge >= 0.3 is 6.09 Å². The highest BCUT2D eigenvalue weighted by molar-refractivity contribution is 6.03. The van der Waals surface area contributed by atoms with Crippen LogP contribution in [-0.2, 0) is 41.5 Å². The molecule has 2 bridgehead atoms. The van der Waals surface area contributed by atoms with Gasteiger partial charge in [-0.25, -0.2) is 4.79 Å². The summed E-state index contributed by atoms with van der Waals surface area (Å²) in [7, 11) is 6.42. The minimum Gasteiger partial charge on any atom is -0.493 e. The van der Waals surface area contributed by atoms with Crippen molar-refractivity contribution >= 4 is 17.7 Å². The van der Waals surface area contributed by atoms with Crippen LogP contribution in [-0.4, -0.2) is 71.6 Å². The monoisotopic (exact) mass is 682 g/mol. The van der Waals surface area contributed by atoms with Crippen molar-refractivity contribution in [1.29, 1.82) is 0 Å². The minimum absolute atomic E-state index is 0.0708. The van der Waals surface area contributed by atoms with Crippen molar-refractivity contribution in [3.05, 3.63) is 76.9 Å². The van der Waals surface area contributed by atoms with E-state index in [9.17, 15) is 9.59 Å². The van der Waals surface area contributed by atoms with Gasteiger partial charge in [0, 0.05) is 50.1 Å². The first kappa shape index (κ1) is 39.5. The fraction of sp³-hybridized carbons (Fsp3) is 0.526. The Labute approximate surface area is 291 Å². The molecule has 1 aliphatic heterocycles. The molecule has 0 spiro atoms. The van der Waals surface area contributed by atoms with Crippen LogP contribution in [0.1, 0.15) is 58.1 Å². The van der Waals surface area contributed by atoms with Crippen LogP contribution in [0.2, 0.25) is 0 Å². The van der Waals surface area contributed by atoms with Crippen LogP contribution in [0.15, 0.2) is 65.8 Å². The number of carbonyl (C=O) groups excluding carboxylic acids is 2. The van der Waals surface area contributed by atoms with Gasteiger partial charge < -0.3 is 44.2 Å². The molecule has 1 aliphatic rings. The van der Waals surface area contributed by atoms with Crippen molar-refractivity contribution in [1.82, 2.24) is 0 Å². The minimum atomic E-state index is -0.906. The number of nitrogens with one attached hydrogen (secondary N) is 1. The lowest BCUT2D eigenvalue weighted by atomic mass is 9.87. The maximum atomic E-state index is 13.4. The summed E-state index contributed by atoms with van der Waals surface area (Å²) < 4.78 is 41.2. The largest absolute Gasteiger partial charge is 0.493 e. The van der Waals surface area contributed by atoms with E-state index in [1.54, 1.807) is 41.4 Å². The molecular weight excluding hydrogens is 628 g/mol. The first-order valence-corrected chi connectivity index (χ1v) is 16.7. The van der Waals surface area contributed by atoms with E-state index >= 15 is 0 Å². The van der Waals surface area contributed by atoms with E-state index in [0.717, 1.165) is 16.7 Å². The third-order valence-corrected chi connectivity index (χ3v) is 8.72. The molecule has 0 saturated heterocycles. The summed E-state index contributed by atoms with van der Waals surface area (Å²) in [6.45, 7) is 8.20. The molecule has 3 rings (SSSR count). The van der Waals surface area contributed by atoms with Gasteiger partial charge in [-0.05, 0) is 62.7 Å². The standard InChI is InChI=1S/C38H54N2O9/c1-24-17-29-20-30(21-33(36(29)46-8)47-22-28-14-10-9-11-15-28)40-37(41)25(2)13-12-16-31(44-6)35(49-38(39)42)27(4)19-26(3)34(48-23-43-5)32(18-24)45-7/h9-11,13-15,19-21,24,26,31-32,34-35H,12,16-18,22-23H2,1-8H3,(H2,39,42)(H,40,41)/b25-13+,27-19+/t24-,26+,31?,32?,34-,35+/m1/s1. The third kappa shape index (κ3) is 11.9. The van der Waals surface area contributed by atoms with Gasteiger partial charge in [-0.2, -0.15) is 0 Å². The summed E-state index contributed by atoms with van der Waals surface area (Å²) in [5, 5.41) is 3.05. The molecule has 2 amide bonds. The van der Waals surface area contributed by atoms with Crippen molar-refractivity contribution in [3.63, 3.8) is 0 Å². The Kier molecular flexibility index (Phi) is 16.1. The summed E-state index contributed by atoms with van der Waals surface area (Å²) in [6, 6.07) is 13.6. The number of carbonyl (C=O) groups is 2. The van der Waals surface area contributed by atoms with Gasteiger partial charge in [0.25, 0.3) is 5.91 Å². The first-order valence-electron chi connectivity index (χ1n) is 16.7. The summed E-state index contributed by atoms with van der Waals surface area (Å²) in [5.74, 6) is 0.799. The Morgan fingerprint density at radius 3 is 2.35 bits per heavy atom. The molecule has 0 aliphatic carbocycles. The van der Waals surface area contributed by atoms with Crippen molar-refractivity contribution in [2.45, 2.75) is 84.4 Å². The average molecular weight is 683 g/mol. The number of primary amides is 1. The lowest BCUT2D eigenvalue weighted by Crippen LogP contribution is -2.39. The van der Waals surface area contributed by atoms with Crippen LogP contribution in [0.25, 0.3) is 0 Å². The normalized spacial score (nSPS) is 26.4. The van der Waals surface area contributed by atoms with Gasteiger partial charge in [0.1, 0.15) is 13.4 Å². The van der Waals surface area contributed by atoms with Gasteiger partial charge in [-0.1, -0.05) is 56.3 Å². The SMILES string of the molecule is COCO[C@H]1C(OC)C[C@H](C)Cc2cc(cc(OCc3ccccc3)c2OC)NC(=O)/C(C)=C/CCC(OC)[C@@H](OC(N)=O)/C(C)=C/[C@@H]1C. The number of benzene rings is 2. The molecule has 2 aromatic rings. The molecule has 0 fully saturated rings. The molecule has 2 unspecified atom stereocenters. The first-order chi connectivity index (χ1) is 23.5. The van der Waals surface area contributed by atoms with Crippen molar-refractivity contribution in [3.8, 4) is 11.5 Å². The lowest BCUT2D eigenvalue weighted by molar-refractivity contribution is -0.136. The third-order valence-electron chi connectivity index (χ3n) is 8.72. The lowest BCUT2D eigenvalue weighted by Gasteiger charge is -2.32. The van der Waals surface area contributed by atoms with Crippen LogP contribution in [0.4, 0.5) is 10.5 Å². The van der Waals surface area contributed by atoms with E-state index < -0.39 is 24.4 Å². The number of rotatable bonds is 10. The fourth-order valence-corrected chi connectivity index (χ4v) is 6.29. The van der Waals surface area contributed by atoms with Crippen LogP contribution in [0, 0.1) is 11.8 Å². The average Bonchev–Trinajstić information content (AvgIpc) is 3.07. The van der Waals surface area contributed by atoms with Crippen LogP contribution in [0.5, 0.6) is 11.5 Å². The van der Waals surface area contributed by atoms with E-state index in [4.69, 9.17) is 38.9 Å². The molecule has 3 N–H and O–H groups in total. The zero-order valence-corrected chi connectivity index (χ0v) is 30.2. The number of fused-ring (bicyclic) bond motifs is 2. The number of ether oxygens (including phenoxy) is 7. The zero-order chi connectivity index (χ0) is 35.9. The van der Waals surface area contributed by atoms with Gasteiger partial charge in [-0.3, -0.25) is 4.79 Å². The van der Waals surface area contributed by atoms with Gasteiger partial charge in [0.05, 0.1) is 25.4 Å². The van der Waals surface area contributed by atoms with Gasteiger partial charge in [-0.15, -0.1) is 0 Å².